The van der Waals surface area contributed by atoms with Gasteiger partial charge < -0.3 is 9.84 Å². The van der Waals surface area contributed by atoms with Crippen LogP contribution in [0.15, 0.2) is 53.3 Å². The van der Waals surface area contributed by atoms with E-state index in [0.717, 1.165) is 65.6 Å². The zero-order valence-corrected chi connectivity index (χ0v) is 21.0. The summed E-state index contributed by atoms with van der Waals surface area (Å²) in [6, 6.07) is 13.9. The van der Waals surface area contributed by atoms with Gasteiger partial charge >= 0.3 is 5.97 Å². The largest absolute Gasteiger partial charge is 0.478 e. The number of rotatable bonds is 7. The molecule has 190 valence electrons. The van der Waals surface area contributed by atoms with Gasteiger partial charge in [-0.15, -0.1) is 0 Å². The number of aromatic carboxylic acids is 1. The molecule has 3 aromatic rings. The van der Waals surface area contributed by atoms with Crippen molar-refractivity contribution >= 4 is 28.3 Å². The number of carboxylic acid groups (broad SMARTS) is 1. The standard InChI is InChI=1S/C27H31ClN4O4/c28-20-4-3-5-21(18-20)32-24(25(27(34)35)22-6-1-2-7-23(22)26(32)33)19-31-12-10-29(11-13-31)8-9-30-14-16-36-17-15-30/h1-7,18H,8-17,19H2,(H,34,35). The number of benzene rings is 2. The van der Waals surface area contributed by atoms with Gasteiger partial charge in [-0.2, -0.15) is 0 Å². The Balaban J connectivity index is 1.42. The zero-order chi connectivity index (χ0) is 25.1. The number of hydrogen-bond donors (Lipinski definition) is 1. The minimum Gasteiger partial charge on any atom is -0.478 e. The molecule has 0 spiro atoms. The Labute approximate surface area is 215 Å². The van der Waals surface area contributed by atoms with Crippen LogP contribution in [0.4, 0.5) is 0 Å². The maximum atomic E-state index is 13.7. The Morgan fingerprint density at radius 3 is 2.17 bits per heavy atom. The topological polar surface area (TPSA) is 78.2 Å². The van der Waals surface area contributed by atoms with Crippen LogP contribution in [0.5, 0.6) is 0 Å². The van der Waals surface area contributed by atoms with Crippen molar-refractivity contribution < 1.29 is 14.6 Å². The molecule has 0 radical (unpaired) electrons. The molecule has 2 aliphatic heterocycles. The molecule has 2 fully saturated rings. The first-order valence-corrected chi connectivity index (χ1v) is 12.8. The number of carboxylic acids is 1. The van der Waals surface area contributed by atoms with Crippen LogP contribution in [0.2, 0.25) is 5.02 Å². The third-order valence-corrected chi connectivity index (χ3v) is 7.38. The van der Waals surface area contributed by atoms with Gasteiger partial charge in [0.1, 0.15) is 0 Å². The zero-order valence-electron chi connectivity index (χ0n) is 20.2. The second-order valence-electron chi connectivity index (χ2n) is 9.36. The molecular formula is C27H31ClN4O4. The number of piperazine rings is 1. The fourth-order valence-corrected chi connectivity index (χ4v) is 5.35. The number of fused-ring (bicyclic) bond motifs is 1. The molecule has 9 heteroatoms. The van der Waals surface area contributed by atoms with Crippen LogP contribution in [0, 0.1) is 0 Å². The predicted molar refractivity (Wildman–Crippen MR) is 140 cm³/mol. The summed E-state index contributed by atoms with van der Waals surface area (Å²) >= 11 is 6.26. The van der Waals surface area contributed by atoms with Crippen LogP contribution < -0.4 is 5.56 Å². The van der Waals surface area contributed by atoms with E-state index in [9.17, 15) is 14.7 Å². The second kappa shape index (κ2) is 11.1. The quantitative estimate of drug-likeness (QED) is 0.523. The lowest BCUT2D eigenvalue weighted by atomic mass is 10.0. The van der Waals surface area contributed by atoms with Crippen molar-refractivity contribution in [3.05, 3.63) is 75.2 Å². The average molecular weight is 511 g/mol. The Kier molecular flexibility index (Phi) is 7.69. The van der Waals surface area contributed by atoms with E-state index >= 15 is 0 Å². The number of halogens is 1. The lowest BCUT2D eigenvalue weighted by Crippen LogP contribution is -2.49. The van der Waals surface area contributed by atoms with Gasteiger partial charge in [0.15, 0.2) is 0 Å². The highest BCUT2D eigenvalue weighted by atomic mass is 35.5. The van der Waals surface area contributed by atoms with Gasteiger partial charge in [0.2, 0.25) is 0 Å². The summed E-state index contributed by atoms with van der Waals surface area (Å²) in [5, 5.41) is 11.6. The van der Waals surface area contributed by atoms with Gasteiger partial charge in [0, 0.05) is 74.7 Å². The van der Waals surface area contributed by atoms with Gasteiger partial charge in [-0.3, -0.25) is 24.1 Å². The molecule has 0 bridgehead atoms. The SMILES string of the molecule is O=C(O)c1c(CN2CCN(CCN3CCOCC3)CC2)n(-c2cccc(Cl)c2)c(=O)c2ccccc12. The molecule has 36 heavy (non-hydrogen) atoms. The van der Waals surface area contributed by atoms with E-state index in [1.54, 1.807) is 48.5 Å². The van der Waals surface area contributed by atoms with E-state index in [4.69, 9.17) is 16.3 Å². The van der Waals surface area contributed by atoms with Crippen LogP contribution in [0.1, 0.15) is 16.1 Å². The first kappa shape index (κ1) is 24.9. The summed E-state index contributed by atoms with van der Waals surface area (Å²) in [6.45, 7) is 9.41. The van der Waals surface area contributed by atoms with E-state index in [0.29, 0.717) is 33.7 Å². The van der Waals surface area contributed by atoms with Crippen molar-refractivity contribution in [3.63, 3.8) is 0 Å². The Hall–Kier alpha value is -2.75. The maximum Gasteiger partial charge on any atom is 0.338 e. The molecule has 2 aliphatic rings. The van der Waals surface area contributed by atoms with Gasteiger partial charge in [-0.1, -0.05) is 35.9 Å². The van der Waals surface area contributed by atoms with E-state index in [1.165, 1.54) is 4.57 Å². The predicted octanol–water partition coefficient (Wildman–Crippen LogP) is 2.79. The van der Waals surface area contributed by atoms with Crippen molar-refractivity contribution in [2.75, 3.05) is 65.6 Å². The van der Waals surface area contributed by atoms with Gasteiger partial charge in [-0.05, 0) is 24.3 Å². The summed E-state index contributed by atoms with van der Waals surface area (Å²) in [5.41, 5.74) is 0.979. The molecule has 0 atom stereocenters. The molecule has 0 saturated carbocycles. The van der Waals surface area contributed by atoms with Crippen LogP contribution in [0.25, 0.3) is 16.5 Å². The highest BCUT2D eigenvalue weighted by Crippen LogP contribution is 2.25. The number of pyridine rings is 1. The molecule has 8 nitrogen and oxygen atoms in total. The highest BCUT2D eigenvalue weighted by molar-refractivity contribution is 6.30. The van der Waals surface area contributed by atoms with Crippen molar-refractivity contribution in [2.24, 2.45) is 0 Å². The van der Waals surface area contributed by atoms with Crippen molar-refractivity contribution in [3.8, 4) is 5.69 Å². The molecule has 0 amide bonds. The summed E-state index contributed by atoms with van der Waals surface area (Å²) in [4.78, 5) is 33.3. The minimum absolute atomic E-state index is 0.167. The molecule has 1 aromatic heterocycles. The highest BCUT2D eigenvalue weighted by Gasteiger charge is 2.26. The summed E-state index contributed by atoms with van der Waals surface area (Å²) < 4.78 is 6.97. The van der Waals surface area contributed by atoms with Gasteiger partial charge in [0.25, 0.3) is 5.56 Å². The van der Waals surface area contributed by atoms with E-state index in [1.807, 2.05) is 0 Å². The molecule has 1 N–H and O–H groups in total. The summed E-state index contributed by atoms with van der Waals surface area (Å²) in [5.74, 6) is -1.04. The number of morpholine rings is 1. The maximum absolute atomic E-state index is 13.7. The number of nitrogens with zero attached hydrogens (tertiary/aromatic N) is 4. The van der Waals surface area contributed by atoms with Crippen molar-refractivity contribution in [1.29, 1.82) is 0 Å². The fraction of sp³-hybridized carbons (Fsp3) is 0.407. The molecule has 3 heterocycles. The second-order valence-corrected chi connectivity index (χ2v) is 9.80. The van der Waals surface area contributed by atoms with Crippen LogP contribution in [-0.4, -0.2) is 95.9 Å². The van der Waals surface area contributed by atoms with Gasteiger partial charge in [-0.25, -0.2) is 4.79 Å². The monoisotopic (exact) mass is 510 g/mol. The van der Waals surface area contributed by atoms with Crippen molar-refractivity contribution in [1.82, 2.24) is 19.3 Å². The Morgan fingerprint density at radius 2 is 1.50 bits per heavy atom. The van der Waals surface area contributed by atoms with Crippen LogP contribution in [0.3, 0.4) is 0 Å². The number of aromatic nitrogens is 1. The fourth-order valence-electron chi connectivity index (χ4n) is 5.17. The van der Waals surface area contributed by atoms with E-state index in [-0.39, 0.29) is 11.1 Å². The Morgan fingerprint density at radius 1 is 0.861 bits per heavy atom. The first-order chi connectivity index (χ1) is 17.5. The number of hydrogen-bond acceptors (Lipinski definition) is 6. The summed E-state index contributed by atoms with van der Waals surface area (Å²) in [7, 11) is 0. The number of ether oxygens (including phenoxy) is 1. The first-order valence-electron chi connectivity index (χ1n) is 12.4. The van der Waals surface area contributed by atoms with Crippen LogP contribution in [-0.2, 0) is 11.3 Å². The van der Waals surface area contributed by atoms with Crippen LogP contribution >= 0.6 is 11.6 Å². The van der Waals surface area contributed by atoms with E-state index in [2.05, 4.69) is 14.7 Å². The smallest absolute Gasteiger partial charge is 0.338 e. The van der Waals surface area contributed by atoms with Gasteiger partial charge in [0.05, 0.1) is 30.2 Å². The Bertz CT molecular complexity index is 1300. The van der Waals surface area contributed by atoms with E-state index < -0.39 is 5.97 Å². The third-order valence-electron chi connectivity index (χ3n) is 7.14. The minimum atomic E-state index is -1.04. The average Bonchev–Trinajstić information content (AvgIpc) is 2.89. The van der Waals surface area contributed by atoms with Crippen molar-refractivity contribution in [2.45, 2.75) is 6.54 Å². The lowest BCUT2D eigenvalue weighted by Gasteiger charge is -2.36. The molecule has 0 unspecified atom stereocenters. The molecule has 2 saturated heterocycles. The summed E-state index contributed by atoms with van der Waals surface area (Å²) in [6.07, 6.45) is 0. The normalized spacial score (nSPS) is 18.0. The third kappa shape index (κ3) is 5.33. The number of carbonyl (C=O) groups is 1. The lowest BCUT2D eigenvalue weighted by molar-refractivity contribution is 0.0296. The molecule has 2 aromatic carbocycles. The molecular weight excluding hydrogens is 480 g/mol. The molecule has 0 aliphatic carbocycles. The molecule has 5 rings (SSSR count).